The molecule has 0 aromatic heterocycles. The second-order valence-electron chi connectivity index (χ2n) is 6.06. The Morgan fingerprint density at radius 3 is 2.68 bits per heavy atom. The van der Waals surface area contributed by atoms with E-state index in [0.29, 0.717) is 24.1 Å². The third-order valence-electron chi connectivity index (χ3n) is 4.30. The zero-order valence-corrected chi connectivity index (χ0v) is 14.0. The molecule has 0 bridgehead atoms. The fraction of sp³-hybridized carbons (Fsp3) is 0.263. The highest BCUT2D eigenvalue weighted by Gasteiger charge is 2.26. The number of para-hydroxylation sites is 1. The van der Waals surface area contributed by atoms with Crippen molar-refractivity contribution in [3.63, 3.8) is 0 Å². The van der Waals surface area contributed by atoms with Crippen LogP contribution >= 0.6 is 0 Å². The zero-order valence-electron chi connectivity index (χ0n) is 14.0. The maximum Gasteiger partial charge on any atom is 0.242 e. The number of halogens is 1. The minimum Gasteiger partial charge on any atom is -0.350 e. The maximum absolute atomic E-state index is 14.5. The molecule has 5 nitrogen and oxygen atoms in total. The van der Waals surface area contributed by atoms with Gasteiger partial charge in [-0.3, -0.25) is 9.59 Å². The molecule has 3 rings (SSSR count). The average molecular weight is 341 g/mol. The van der Waals surface area contributed by atoms with Crippen molar-refractivity contribution in [2.45, 2.75) is 25.4 Å². The van der Waals surface area contributed by atoms with Gasteiger partial charge >= 0.3 is 0 Å². The fourth-order valence-electron chi connectivity index (χ4n) is 2.85. The molecule has 1 aliphatic rings. The largest absolute Gasteiger partial charge is 0.350 e. The first-order chi connectivity index (χ1) is 12.0. The predicted molar refractivity (Wildman–Crippen MR) is 93.9 cm³/mol. The molecule has 2 aromatic rings. The molecule has 0 saturated carbocycles. The third kappa shape index (κ3) is 3.96. The lowest BCUT2D eigenvalue weighted by atomic mass is 10.1. The van der Waals surface area contributed by atoms with Crippen LogP contribution in [0.25, 0.3) is 0 Å². The van der Waals surface area contributed by atoms with Gasteiger partial charge in [-0.05, 0) is 36.2 Å². The van der Waals surface area contributed by atoms with Crippen LogP contribution in [0.1, 0.15) is 18.4 Å². The van der Waals surface area contributed by atoms with E-state index in [1.165, 1.54) is 6.07 Å². The van der Waals surface area contributed by atoms with Gasteiger partial charge in [-0.1, -0.05) is 24.3 Å². The van der Waals surface area contributed by atoms with Crippen LogP contribution in [0.2, 0.25) is 0 Å². The van der Waals surface area contributed by atoms with Crippen LogP contribution < -0.4 is 15.5 Å². The number of nitrogens with one attached hydrogen (secondary N) is 2. The highest BCUT2D eigenvalue weighted by Crippen LogP contribution is 2.26. The van der Waals surface area contributed by atoms with Gasteiger partial charge in [-0.15, -0.1) is 0 Å². The van der Waals surface area contributed by atoms with Crippen molar-refractivity contribution in [1.29, 1.82) is 0 Å². The summed E-state index contributed by atoms with van der Waals surface area (Å²) in [7, 11) is 1.80. The Labute approximate surface area is 145 Å². The molecular weight excluding hydrogens is 321 g/mol. The van der Waals surface area contributed by atoms with Crippen molar-refractivity contribution in [3.05, 3.63) is 59.9 Å². The van der Waals surface area contributed by atoms with Gasteiger partial charge in [-0.25, -0.2) is 4.39 Å². The van der Waals surface area contributed by atoms with Gasteiger partial charge in [0.1, 0.15) is 11.9 Å². The first-order valence-electron chi connectivity index (χ1n) is 8.19. The molecule has 25 heavy (non-hydrogen) atoms. The van der Waals surface area contributed by atoms with E-state index < -0.39 is 6.04 Å². The Morgan fingerprint density at radius 1 is 1.28 bits per heavy atom. The Hall–Kier alpha value is -2.89. The van der Waals surface area contributed by atoms with Gasteiger partial charge in [-0.2, -0.15) is 0 Å². The van der Waals surface area contributed by atoms with Crippen molar-refractivity contribution < 1.29 is 14.0 Å². The molecule has 1 saturated heterocycles. The van der Waals surface area contributed by atoms with Gasteiger partial charge in [0.05, 0.1) is 5.69 Å². The lowest BCUT2D eigenvalue weighted by Crippen LogP contribution is -2.41. The van der Waals surface area contributed by atoms with Crippen LogP contribution in [0, 0.1) is 5.82 Å². The second kappa shape index (κ2) is 7.34. The highest BCUT2D eigenvalue weighted by atomic mass is 19.1. The van der Waals surface area contributed by atoms with Crippen LogP contribution in [-0.2, 0) is 16.1 Å². The second-order valence-corrected chi connectivity index (χ2v) is 6.06. The van der Waals surface area contributed by atoms with Gasteiger partial charge in [0.2, 0.25) is 11.8 Å². The normalized spacial score (nSPS) is 16.4. The number of rotatable bonds is 5. The van der Waals surface area contributed by atoms with Gasteiger partial charge < -0.3 is 15.5 Å². The lowest BCUT2D eigenvalue weighted by Gasteiger charge is -2.20. The van der Waals surface area contributed by atoms with E-state index in [2.05, 4.69) is 10.6 Å². The highest BCUT2D eigenvalue weighted by molar-refractivity contribution is 5.90. The molecular formula is C19H20FN3O2. The molecule has 1 aliphatic heterocycles. The van der Waals surface area contributed by atoms with E-state index >= 15 is 0 Å². The fourth-order valence-corrected chi connectivity index (χ4v) is 2.85. The van der Waals surface area contributed by atoms with E-state index in [1.54, 1.807) is 24.1 Å². The van der Waals surface area contributed by atoms with Crippen molar-refractivity contribution in [2.75, 3.05) is 11.9 Å². The summed E-state index contributed by atoms with van der Waals surface area (Å²) in [4.78, 5) is 24.9. The summed E-state index contributed by atoms with van der Waals surface area (Å²) in [6, 6.07) is 13.9. The van der Waals surface area contributed by atoms with Gasteiger partial charge in [0.15, 0.2) is 0 Å². The summed E-state index contributed by atoms with van der Waals surface area (Å²) >= 11 is 0. The third-order valence-corrected chi connectivity index (χ3v) is 4.30. The minimum atomic E-state index is -0.485. The van der Waals surface area contributed by atoms with Gasteiger partial charge in [0.25, 0.3) is 0 Å². The van der Waals surface area contributed by atoms with Crippen LogP contribution in [-0.4, -0.2) is 24.9 Å². The number of carbonyl (C=O) groups is 2. The molecule has 1 fully saturated rings. The number of hydrogen-bond acceptors (Lipinski definition) is 3. The van der Waals surface area contributed by atoms with E-state index in [9.17, 15) is 14.0 Å². The Balaban J connectivity index is 1.64. The van der Waals surface area contributed by atoms with Crippen LogP contribution in [0.3, 0.4) is 0 Å². The summed E-state index contributed by atoms with van der Waals surface area (Å²) in [5.41, 5.74) is 2.02. The van der Waals surface area contributed by atoms with Crippen LogP contribution in [0.5, 0.6) is 0 Å². The summed E-state index contributed by atoms with van der Waals surface area (Å²) in [5, 5.41) is 5.35. The molecule has 1 atom stereocenters. The lowest BCUT2D eigenvalue weighted by molar-refractivity contribution is -0.125. The molecule has 1 unspecified atom stereocenters. The van der Waals surface area contributed by atoms with Crippen molar-refractivity contribution >= 4 is 23.2 Å². The van der Waals surface area contributed by atoms with Crippen LogP contribution in [0.4, 0.5) is 15.8 Å². The predicted octanol–water partition coefficient (Wildman–Crippen LogP) is 2.49. The number of amides is 2. The van der Waals surface area contributed by atoms with E-state index in [4.69, 9.17) is 0 Å². The minimum absolute atomic E-state index is 0.112. The quantitative estimate of drug-likeness (QED) is 0.878. The summed E-state index contributed by atoms with van der Waals surface area (Å²) < 4.78 is 14.5. The van der Waals surface area contributed by atoms with E-state index in [0.717, 1.165) is 5.69 Å². The van der Waals surface area contributed by atoms with Crippen molar-refractivity contribution in [3.8, 4) is 0 Å². The number of hydrogen-bond donors (Lipinski definition) is 2. The van der Waals surface area contributed by atoms with Gasteiger partial charge in [0, 0.05) is 25.7 Å². The average Bonchev–Trinajstić information content (AvgIpc) is 3.06. The zero-order chi connectivity index (χ0) is 17.8. The number of carbonyl (C=O) groups excluding carboxylic acids is 2. The summed E-state index contributed by atoms with van der Waals surface area (Å²) in [6.45, 7) is 0.220. The standard InChI is InChI=1S/C19H20FN3O2/c1-23(14-5-3-2-4-6-14)17-9-7-13(11-15(17)20)12-21-19(25)16-8-10-18(24)22-16/h2-7,9,11,16H,8,10,12H2,1H3,(H,21,25)(H,22,24). The van der Waals surface area contributed by atoms with E-state index in [-0.39, 0.29) is 24.2 Å². The monoisotopic (exact) mass is 341 g/mol. The van der Waals surface area contributed by atoms with Crippen molar-refractivity contribution in [1.82, 2.24) is 10.6 Å². The van der Waals surface area contributed by atoms with Crippen molar-refractivity contribution in [2.24, 2.45) is 0 Å². The first-order valence-corrected chi connectivity index (χ1v) is 8.19. The Morgan fingerprint density at radius 2 is 2.04 bits per heavy atom. The molecule has 2 amide bonds. The summed E-state index contributed by atoms with van der Waals surface area (Å²) in [6.07, 6.45) is 0.868. The first kappa shape index (κ1) is 17.0. The SMILES string of the molecule is CN(c1ccccc1)c1ccc(CNC(=O)C2CCC(=O)N2)cc1F. The van der Waals surface area contributed by atoms with E-state index in [1.807, 2.05) is 30.3 Å². The Kier molecular flexibility index (Phi) is 4.97. The molecule has 0 aliphatic carbocycles. The molecule has 130 valence electrons. The smallest absolute Gasteiger partial charge is 0.242 e. The number of anilines is 2. The molecule has 0 radical (unpaired) electrons. The number of benzene rings is 2. The topological polar surface area (TPSA) is 61.4 Å². The Bertz CT molecular complexity index is 779. The summed E-state index contributed by atoms with van der Waals surface area (Å²) in [5.74, 6) is -0.705. The molecule has 0 spiro atoms. The van der Waals surface area contributed by atoms with Crippen LogP contribution in [0.15, 0.2) is 48.5 Å². The molecule has 1 heterocycles. The molecule has 2 N–H and O–H groups in total. The number of nitrogens with zero attached hydrogens (tertiary/aromatic N) is 1. The maximum atomic E-state index is 14.5. The molecule has 2 aromatic carbocycles. The molecule has 6 heteroatoms.